The Kier molecular flexibility index (Phi) is 5.28. The molecule has 152 valence electrons. The molecule has 2 N–H and O–H groups in total. The molecular weight excluding hydrogens is 402 g/mol. The molecule has 2 heterocycles. The maximum absolute atomic E-state index is 13.5. The summed E-state index contributed by atoms with van der Waals surface area (Å²) in [4.78, 5) is 42.8. The number of amides is 4. The van der Waals surface area contributed by atoms with Crippen LogP contribution in [-0.2, 0) is 22.2 Å². The average molecular weight is 421 g/mol. The quantitative estimate of drug-likeness (QED) is 0.469. The van der Waals surface area contributed by atoms with Crippen LogP contribution in [0.4, 0.5) is 4.79 Å². The van der Waals surface area contributed by atoms with Gasteiger partial charge in [-0.25, -0.2) is 9.78 Å². The third kappa shape index (κ3) is 3.43. The highest BCUT2D eigenvalue weighted by atomic mass is 32.2. The van der Waals surface area contributed by atoms with Crippen molar-refractivity contribution in [2.24, 2.45) is 7.05 Å². The van der Waals surface area contributed by atoms with Crippen LogP contribution in [-0.4, -0.2) is 38.2 Å². The molecule has 0 radical (unpaired) electrons. The molecule has 1 aliphatic rings. The number of carbonyl (C=O) groups is 3. The SMILES string of the molecule is Cn1ccnc1SCC(=O)NN1C(=O)NC(c2ccccc2)(c2ccccc2)C1=O. The molecule has 1 fully saturated rings. The smallest absolute Gasteiger partial charge is 0.329 e. The Morgan fingerprint density at radius 2 is 1.67 bits per heavy atom. The fourth-order valence-corrected chi connectivity index (χ4v) is 4.07. The molecule has 30 heavy (non-hydrogen) atoms. The Hall–Kier alpha value is -3.59. The number of thioether (sulfide) groups is 1. The standard InChI is InChI=1S/C21H19N5O3S/c1-25-13-12-22-20(25)30-14-17(27)24-26-18(28)21(23-19(26)29,15-8-4-2-5-9-15)16-10-6-3-7-11-16/h2-13H,14H2,1H3,(H,23,29)(H,24,27). The lowest BCUT2D eigenvalue weighted by atomic mass is 9.83. The number of aryl methyl sites for hydroxylation is 1. The average Bonchev–Trinajstić information content (AvgIpc) is 3.29. The normalized spacial score (nSPS) is 15.2. The lowest BCUT2D eigenvalue weighted by Gasteiger charge is -2.27. The van der Waals surface area contributed by atoms with Crippen molar-refractivity contribution in [1.82, 2.24) is 25.3 Å². The summed E-state index contributed by atoms with van der Waals surface area (Å²) in [5.74, 6) is -1.05. The minimum absolute atomic E-state index is 0.00554. The topological polar surface area (TPSA) is 96.3 Å². The van der Waals surface area contributed by atoms with E-state index in [4.69, 9.17) is 0 Å². The predicted octanol–water partition coefficient (Wildman–Crippen LogP) is 2.04. The van der Waals surface area contributed by atoms with Crippen molar-refractivity contribution in [3.05, 3.63) is 84.2 Å². The van der Waals surface area contributed by atoms with E-state index in [0.29, 0.717) is 16.3 Å². The number of carbonyl (C=O) groups excluding carboxylic acids is 3. The van der Waals surface area contributed by atoms with E-state index in [1.807, 2.05) is 19.2 Å². The van der Waals surface area contributed by atoms with E-state index in [1.165, 1.54) is 11.8 Å². The van der Waals surface area contributed by atoms with E-state index in [1.54, 1.807) is 65.5 Å². The van der Waals surface area contributed by atoms with Gasteiger partial charge in [-0.15, -0.1) is 0 Å². The minimum atomic E-state index is -1.42. The molecule has 2 aromatic carbocycles. The monoisotopic (exact) mass is 421 g/mol. The van der Waals surface area contributed by atoms with Gasteiger partial charge in [0, 0.05) is 19.4 Å². The number of imide groups is 1. The highest BCUT2D eigenvalue weighted by molar-refractivity contribution is 7.99. The Bertz CT molecular complexity index is 1040. The van der Waals surface area contributed by atoms with Gasteiger partial charge in [-0.05, 0) is 11.1 Å². The maximum atomic E-state index is 13.5. The van der Waals surface area contributed by atoms with Crippen molar-refractivity contribution in [2.75, 3.05) is 5.75 Å². The molecule has 9 heteroatoms. The summed E-state index contributed by atoms with van der Waals surface area (Å²) in [6.07, 6.45) is 3.40. The second-order valence-corrected chi connectivity index (χ2v) is 7.64. The molecule has 8 nitrogen and oxygen atoms in total. The number of urea groups is 1. The number of rotatable bonds is 6. The Balaban J connectivity index is 1.59. The summed E-state index contributed by atoms with van der Waals surface area (Å²) in [7, 11) is 1.82. The van der Waals surface area contributed by atoms with Crippen molar-refractivity contribution in [3.8, 4) is 0 Å². The van der Waals surface area contributed by atoms with Gasteiger partial charge in [-0.3, -0.25) is 15.0 Å². The first kappa shape index (κ1) is 19.7. The lowest BCUT2D eigenvalue weighted by molar-refractivity contribution is -0.137. The molecule has 4 rings (SSSR count). The fourth-order valence-electron chi connectivity index (χ4n) is 3.34. The van der Waals surface area contributed by atoms with Crippen LogP contribution < -0.4 is 10.7 Å². The van der Waals surface area contributed by atoms with Gasteiger partial charge in [0.05, 0.1) is 5.75 Å². The van der Waals surface area contributed by atoms with E-state index in [2.05, 4.69) is 15.7 Å². The molecule has 0 bridgehead atoms. The Labute approximate surface area is 177 Å². The summed E-state index contributed by atoms with van der Waals surface area (Å²) in [5.41, 5.74) is 2.22. The number of hydrogen-bond acceptors (Lipinski definition) is 5. The zero-order valence-electron chi connectivity index (χ0n) is 16.1. The van der Waals surface area contributed by atoms with E-state index in [-0.39, 0.29) is 5.75 Å². The number of aromatic nitrogens is 2. The molecule has 0 atom stereocenters. The van der Waals surface area contributed by atoms with E-state index in [9.17, 15) is 14.4 Å². The first-order valence-electron chi connectivity index (χ1n) is 9.20. The fraction of sp³-hybridized carbons (Fsp3) is 0.143. The van der Waals surface area contributed by atoms with Crippen molar-refractivity contribution in [2.45, 2.75) is 10.7 Å². The molecular formula is C21H19N5O3S. The van der Waals surface area contributed by atoms with Crippen molar-refractivity contribution in [1.29, 1.82) is 0 Å². The van der Waals surface area contributed by atoms with Crippen LogP contribution in [0.25, 0.3) is 0 Å². The van der Waals surface area contributed by atoms with Gasteiger partial charge in [0.1, 0.15) is 0 Å². The summed E-state index contributed by atoms with van der Waals surface area (Å²) < 4.78 is 1.78. The number of benzene rings is 2. The third-order valence-corrected chi connectivity index (χ3v) is 5.84. The highest BCUT2D eigenvalue weighted by Crippen LogP contribution is 2.35. The second kappa shape index (κ2) is 8.03. The van der Waals surface area contributed by atoms with Crippen molar-refractivity contribution >= 4 is 29.6 Å². The largest absolute Gasteiger partial charge is 0.344 e. The van der Waals surface area contributed by atoms with Crippen LogP contribution in [0.2, 0.25) is 0 Å². The van der Waals surface area contributed by atoms with Gasteiger partial charge in [-0.1, -0.05) is 72.4 Å². The molecule has 4 amide bonds. The van der Waals surface area contributed by atoms with Crippen molar-refractivity contribution in [3.63, 3.8) is 0 Å². The lowest BCUT2D eigenvalue weighted by Crippen LogP contribution is -2.49. The van der Waals surface area contributed by atoms with Crippen LogP contribution in [0.5, 0.6) is 0 Å². The van der Waals surface area contributed by atoms with E-state index in [0.717, 1.165) is 5.01 Å². The maximum Gasteiger partial charge on any atom is 0.344 e. The molecule has 0 saturated carbocycles. The molecule has 1 aromatic heterocycles. The summed E-state index contributed by atoms with van der Waals surface area (Å²) in [6.45, 7) is 0. The zero-order chi connectivity index (χ0) is 21.1. The van der Waals surface area contributed by atoms with Crippen LogP contribution in [0.3, 0.4) is 0 Å². The van der Waals surface area contributed by atoms with E-state index < -0.39 is 23.4 Å². The number of imidazole rings is 1. The van der Waals surface area contributed by atoms with Gasteiger partial charge >= 0.3 is 6.03 Å². The number of nitrogens with zero attached hydrogens (tertiary/aromatic N) is 3. The molecule has 0 spiro atoms. The van der Waals surface area contributed by atoms with Gasteiger partial charge < -0.3 is 9.88 Å². The minimum Gasteiger partial charge on any atom is -0.329 e. The van der Waals surface area contributed by atoms with Gasteiger partial charge in [0.15, 0.2) is 10.7 Å². The van der Waals surface area contributed by atoms with E-state index >= 15 is 0 Å². The van der Waals surface area contributed by atoms with Crippen molar-refractivity contribution < 1.29 is 14.4 Å². The van der Waals surface area contributed by atoms with Crippen LogP contribution in [0, 0.1) is 0 Å². The number of hydrogen-bond donors (Lipinski definition) is 2. The molecule has 3 aromatic rings. The van der Waals surface area contributed by atoms with Crippen LogP contribution in [0.15, 0.2) is 78.2 Å². The van der Waals surface area contributed by atoms with Crippen LogP contribution >= 0.6 is 11.8 Å². The van der Waals surface area contributed by atoms with Gasteiger partial charge in [0.2, 0.25) is 5.91 Å². The predicted molar refractivity (Wildman–Crippen MR) is 111 cm³/mol. The second-order valence-electron chi connectivity index (χ2n) is 6.70. The molecule has 0 aliphatic carbocycles. The number of hydrazine groups is 1. The summed E-state index contributed by atoms with van der Waals surface area (Å²) in [5, 5.41) is 4.19. The molecule has 1 aliphatic heterocycles. The third-order valence-electron chi connectivity index (χ3n) is 4.78. The first-order chi connectivity index (χ1) is 14.5. The summed E-state index contributed by atoms with van der Waals surface area (Å²) >= 11 is 1.21. The molecule has 0 unspecified atom stereocenters. The van der Waals surface area contributed by atoms with Gasteiger partial charge in [-0.2, -0.15) is 5.01 Å². The Morgan fingerprint density at radius 3 is 2.20 bits per heavy atom. The zero-order valence-corrected chi connectivity index (χ0v) is 16.9. The molecule has 1 saturated heterocycles. The highest BCUT2D eigenvalue weighted by Gasteiger charge is 2.54. The Morgan fingerprint density at radius 1 is 1.07 bits per heavy atom. The first-order valence-corrected chi connectivity index (χ1v) is 10.2. The number of nitrogens with one attached hydrogen (secondary N) is 2. The van der Waals surface area contributed by atoms with Gasteiger partial charge in [0.25, 0.3) is 5.91 Å². The van der Waals surface area contributed by atoms with Crippen LogP contribution in [0.1, 0.15) is 11.1 Å². The summed E-state index contributed by atoms with van der Waals surface area (Å²) in [6, 6.07) is 17.2.